The summed E-state index contributed by atoms with van der Waals surface area (Å²) in [5.74, 6) is -2.59. The van der Waals surface area contributed by atoms with Crippen molar-refractivity contribution in [2.45, 2.75) is 111 Å². The lowest BCUT2D eigenvalue weighted by molar-refractivity contribution is -0.158. The SMILES string of the molecule is C=C1C=CC(=O)N1CCNC(=O)CCC(=O)CN(CCCC(=O)CN1CCN(CC(=O)OC(C)(C)C)CCN(CC(=O)OC(C)(C)C)CCN(CC(=O)OC(C)(C)C)CC1)C(=O)Cc1ccc(O)cc1. The van der Waals surface area contributed by atoms with Gasteiger partial charge in [-0.15, -0.1) is 0 Å². The fraction of sp³-hybridized carbons (Fsp3) is 0.647. The number of hydrogen-bond acceptors (Lipinski definition) is 16. The summed E-state index contributed by atoms with van der Waals surface area (Å²) in [7, 11) is 0. The maximum absolute atomic E-state index is 13.8. The highest BCUT2D eigenvalue weighted by atomic mass is 16.6. The minimum Gasteiger partial charge on any atom is -0.508 e. The number of ether oxygens (including phenoxy) is 3. The summed E-state index contributed by atoms with van der Waals surface area (Å²) in [5.41, 5.74) is -0.942. The molecule has 0 saturated carbocycles. The molecule has 1 saturated heterocycles. The first-order valence-electron chi connectivity index (χ1n) is 24.2. The highest BCUT2D eigenvalue weighted by Gasteiger charge is 2.27. The summed E-state index contributed by atoms with van der Waals surface area (Å²) in [6, 6.07) is 6.16. The molecule has 19 heteroatoms. The van der Waals surface area contributed by atoms with Crippen LogP contribution in [0.4, 0.5) is 0 Å². The number of amides is 3. The number of phenols is 1. The van der Waals surface area contributed by atoms with E-state index >= 15 is 0 Å². The van der Waals surface area contributed by atoms with Crippen molar-refractivity contribution in [2.24, 2.45) is 0 Å². The van der Waals surface area contributed by atoms with Crippen LogP contribution < -0.4 is 5.32 Å². The Morgan fingerprint density at radius 1 is 0.629 bits per heavy atom. The Hall–Kier alpha value is -5.50. The fourth-order valence-corrected chi connectivity index (χ4v) is 7.55. The lowest BCUT2D eigenvalue weighted by Crippen LogP contribution is -2.50. The molecule has 70 heavy (non-hydrogen) atoms. The van der Waals surface area contributed by atoms with E-state index in [2.05, 4.69) is 11.9 Å². The average Bonchev–Trinajstić information content (AvgIpc) is 3.54. The number of allylic oxidation sites excluding steroid dienone is 1. The van der Waals surface area contributed by atoms with E-state index in [0.29, 0.717) is 63.6 Å². The van der Waals surface area contributed by atoms with Crippen molar-refractivity contribution in [3.63, 3.8) is 0 Å². The van der Waals surface area contributed by atoms with Gasteiger partial charge in [-0.1, -0.05) is 18.7 Å². The number of nitrogens with zero attached hydrogens (tertiary/aromatic N) is 6. The molecule has 1 aromatic carbocycles. The molecule has 2 aliphatic rings. The lowest BCUT2D eigenvalue weighted by atomic mass is 10.1. The molecule has 0 bridgehead atoms. The van der Waals surface area contributed by atoms with E-state index in [0.717, 1.165) is 0 Å². The van der Waals surface area contributed by atoms with E-state index in [9.17, 15) is 43.5 Å². The van der Waals surface area contributed by atoms with Crippen molar-refractivity contribution in [1.82, 2.24) is 34.7 Å². The predicted octanol–water partition coefficient (Wildman–Crippen LogP) is 2.74. The van der Waals surface area contributed by atoms with Crippen LogP contribution in [0.1, 0.15) is 93.6 Å². The number of ketones is 2. The zero-order chi connectivity index (χ0) is 52.2. The van der Waals surface area contributed by atoms with Gasteiger partial charge in [0, 0.05) is 103 Å². The van der Waals surface area contributed by atoms with Gasteiger partial charge in [0.05, 0.1) is 39.1 Å². The van der Waals surface area contributed by atoms with Crippen LogP contribution in [0.5, 0.6) is 5.75 Å². The van der Waals surface area contributed by atoms with Crippen molar-refractivity contribution in [2.75, 3.05) is 105 Å². The Morgan fingerprint density at radius 3 is 1.49 bits per heavy atom. The summed E-state index contributed by atoms with van der Waals surface area (Å²) >= 11 is 0. The second-order valence-electron chi connectivity index (χ2n) is 20.9. The van der Waals surface area contributed by atoms with Crippen LogP contribution in [0.25, 0.3) is 0 Å². The zero-order valence-corrected chi connectivity index (χ0v) is 43.1. The number of Topliss-reactive ketones (excluding diaryl/α,β-unsaturated/α-hetero) is 2. The van der Waals surface area contributed by atoms with Crippen LogP contribution in [0.15, 0.2) is 48.7 Å². The molecule has 390 valence electrons. The fourth-order valence-electron chi connectivity index (χ4n) is 7.55. The average molecular weight is 982 g/mol. The summed E-state index contributed by atoms with van der Waals surface area (Å²) in [5, 5.41) is 12.5. The minimum absolute atomic E-state index is 0.00314. The summed E-state index contributed by atoms with van der Waals surface area (Å²) in [6.45, 7) is 23.3. The molecule has 3 amide bonds. The van der Waals surface area contributed by atoms with E-state index in [-0.39, 0.29) is 119 Å². The number of rotatable bonds is 22. The lowest BCUT2D eigenvalue weighted by Gasteiger charge is -2.34. The van der Waals surface area contributed by atoms with Crippen molar-refractivity contribution in [1.29, 1.82) is 0 Å². The van der Waals surface area contributed by atoms with Gasteiger partial charge in [0.2, 0.25) is 11.8 Å². The molecule has 0 aliphatic carbocycles. The Labute approximate surface area is 414 Å². The first kappa shape index (κ1) is 58.8. The van der Waals surface area contributed by atoms with Crippen molar-refractivity contribution in [3.8, 4) is 5.75 Å². The van der Waals surface area contributed by atoms with Crippen LogP contribution in [0.2, 0.25) is 0 Å². The molecule has 0 unspecified atom stereocenters. The molecule has 2 heterocycles. The standard InChI is InChI=1S/C51H79N7O12/c1-38-13-20-44(63)58(38)23-21-52-43(62)19-18-42(61)34-57(45(64)32-39-14-16-40(59)17-15-39)22-11-12-41(60)33-53-24-26-54(35-46(65)68-49(2,3)4)28-30-56(37-48(67)70-51(8,9)10)31-29-55(27-25-53)36-47(66)69-50(5,6)7/h13-17,20,59H,1,11-12,18-19,21-37H2,2-10H3,(H,52,62). The van der Waals surface area contributed by atoms with E-state index in [1.54, 1.807) is 80.5 Å². The number of carbonyl (C=O) groups is 8. The third-order valence-corrected chi connectivity index (χ3v) is 10.9. The summed E-state index contributed by atoms with van der Waals surface area (Å²) in [4.78, 5) is 115. The van der Waals surface area contributed by atoms with Crippen LogP contribution in [-0.4, -0.2) is 203 Å². The maximum Gasteiger partial charge on any atom is 0.320 e. The summed E-state index contributed by atoms with van der Waals surface area (Å²) < 4.78 is 17.0. The Balaban J connectivity index is 1.73. The van der Waals surface area contributed by atoms with Crippen LogP contribution >= 0.6 is 0 Å². The number of nitrogens with one attached hydrogen (secondary N) is 1. The first-order chi connectivity index (χ1) is 32.6. The minimum atomic E-state index is -0.704. The number of phenolic OH excluding ortho intramolecular Hbond substituents is 1. The van der Waals surface area contributed by atoms with Gasteiger partial charge in [0.15, 0.2) is 5.78 Å². The Kier molecular flexibility index (Phi) is 23.3. The zero-order valence-electron chi connectivity index (χ0n) is 43.1. The van der Waals surface area contributed by atoms with Crippen LogP contribution in [-0.2, 0) is 59.0 Å². The number of aromatic hydroxyl groups is 1. The number of hydrogen-bond donors (Lipinski definition) is 2. The maximum atomic E-state index is 13.8. The molecular formula is C51H79N7O12. The van der Waals surface area contributed by atoms with Gasteiger partial charge in [-0.2, -0.15) is 0 Å². The van der Waals surface area contributed by atoms with E-state index in [1.165, 1.54) is 28.0 Å². The molecule has 2 aliphatic heterocycles. The summed E-state index contributed by atoms with van der Waals surface area (Å²) in [6.07, 6.45) is 3.03. The quantitative estimate of drug-likeness (QED) is 0.126. The number of benzene rings is 1. The molecule has 1 fully saturated rings. The largest absolute Gasteiger partial charge is 0.508 e. The smallest absolute Gasteiger partial charge is 0.320 e. The number of carbonyl (C=O) groups excluding carboxylic acids is 8. The highest BCUT2D eigenvalue weighted by Crippen LogP contribution is 2.15. The molecule has 0 aromatic heterocycles. The van der Waals surface area contributed by atoms with Crippen LogP contribution in [0.3, 0.4) is 0 Å². The van der Waals surface area contributed by atoms with E-state index in [1.807, 2.05) is 19.6 Å². The van der Waals surface area contributed by atoms with Gasteiger partial charge in [0.1, 0.15) is 28.3 Å². The first-order valence-corrected chi connectivity index (χ1v) is 24.2. The van der Waals surface area contributed by atoms with Crippen molar-refractivity contribution >= 4 is 47.2 Å². The Bertz CT molecular complexity index is 1940. The predicted molar refractivity (Wildman–Crippen MR) is 263 cm³/mol. The van der Waals surface area contributed by atoms with Gasteiger partial charge >= 0.3 is 17.9 Å². The van der Waals surface area contributed by atoms with E-state index in [4.69, 9.17) is 14.2 Å². The third-order valence-electron chi connectivity index (χ3n) is 10.9. The van der Waals surface area contributed by atoms with Gasteiger partial charge in [-0.25, -0.2) is 0 Å². The molecule has 0 radical (unpaired) electrons. The van der Waals surface area contributed by atoms with Gasteiger partial charge in [0.25, 0.3) is 5.91 Å². The normalized spacial score (nSPS) is 16.3. The second kappa shape index (κ2) is 27.8. The molecule has 19 nitrogen and oxygen atoms in total. The second-order valence-corrected chi connectivity index (χ2v) is 20.9. The van der Waals surface area contributed by atoms with Gasteiger partial charge in [-0.3, -0.25) is 58.0 Å². The molecule has 0 spiro atoms. The van der Waals surface area contributed by atoms with Crippen LogP contribution in [0, 0.1) is 0 Å². The van der Waals surface area contributed by atoms with Gasteiger partial charge < -0.3 is 34.4 Å². The van der Waals surface area contributed by atoms with Crippen molar-refractivity contribution < 1.29 is 57.7 Å². The monoisotopic (exact) mass is 982 g/mol. The van der Waals surface area contributed by atoms with Crippen molar-refractivity contribution in [3.05, 3.63) is 54.3 Å². The molecule has 3 rings (SSSR count). The topological polar surface area (TPSA) is 216 Å². The van der Waals surface area contributed by atoms with E-state index < -0.39 is 34.7 Å². The molecule has 1 aromatic rings. The number of esters is 3. The molecular weight excluding hydrogens is 903 g/mol. The molecule has 2 N–H and O–H groups in total. The Morgan fingerprint density at radius 2 is 1.07 bits per heavy atom. The highest BCUT2D eigenvalue weighted by molar-refractivity contribution is 5.93. The third kappa shape index (κ3) is 24.9. The van der Waals surface area contributed by atoms with Gasteiger partial charge in [-0.05, 0) is 92.5 Å². The molecule has 0 atom stereocenters.